The van der Waals surface area contributed by atoms with E-state index < -0.39 is 0 Å². The van der Waals surface area contributed by atoms with E-state index in [2.05, 4.69) is 36.0 Å². The van der Waals surface area contributed by atoms with Crippen molar-refractivity contribution in [3.63, 3.8) is 0 Å². The van der Waals surface area contributed by atoms with Gasteiger partial charge in [-0.15, -0.1) is 0 Å². The first kappa shape index (κ1) is 13.9. The van der Waals surface area contributed by atoms with Crippen LogP contribution >= 0.6 is 0 Å². The monoisotopic (exact) mass is 237 g/mol. The number of likely N-dealkylation sites (N-methyl/N-ethyl adjacent to an activating group) is 1. The Hall–Kier alpha value is -1.13. The molecule has 17 heavy (non-hydrogen) atoms. The van der Waals surface area contributed by atoms with Gasteiger partial charge in [-0.3, -0.25) is 4.79 Å². The number of nitrogens with zero attached hydrogens (tertiary/aromatic N) is 1. The van der Waals surface area contributed by atoms with Crippen molar-refractivity contribution in [2.24, 2.45) is 0 Å². The molecule has 1 aromatic heterocycles. The molecule has 0 saturated heterocycles. The molecule has 1 aromatic rings. The first-order valence-electron chi connectivity index (χ1n) is 5.98. The minimum Gasteiger partial charge on any atom is -0.367 e. The number of aromatic amines is 1. The summed E-state index contributed by atoms with van der Waals surface area (Å²) in [5, 5.41) is 3.43. The molecule has 0 aromatic carbocycles. The van der Waals surface area contributed by atoms with E-state index in [1.54, 1.807) is 18.5 Å². The third kappa shape index (κ3) is 5.65. The molecule has 0 fully saturated rings. The third-order valence-corrected chi connectivity index (χ3v) is 2.49. The van der Waals surface area contributed by atoms with E-state index in [0.29, 0.717) is 6.54 Å². The first-order valence-corrected chi connectivity index (χ1v) is 5.98. The number of hydrogen-bond donors (Lipinski definition) is 2. The van der Waals surface area contributed by atoms with Gasteiger partial charge in [0.2, 0.25) is 0 Å². The zero-order valence-electron chi connectivity index (χ0n) is 11.2. The van der Waals surface area contributed by atoms with Crippen LogP contribution in [0.1, 0.15) is 26.3 Å². The highest BCUT2D eigenvalue weighted by Gasteiger charge is 2.09. The molecule has 0 bridgehead atoms. The summed E-state index contributed by atoms with van der Waals surface area (Å²) in [6.45, 7) is 8.97. The summed E-state index contributed by atoms with van der Waals surface area (Å²) in [6, 6.07) is 1.57. The largest absolute Gasteiger partial charge is 0.367 e. The van der Waals surface area contributed by atoms with E-state index in [1.807, 2.05) is 7.05 Å². The zero-order valence-corrected chi connectivity index (χ0v) is 11.2. The second-order valence-electron chi connectivity index (χ2n) is 5.45. The van der Waals surface area contributed by atoms with Crippen LogP contribution in [0, 0.1) is 0 Å². The number of aromatic nitrogens is 1. The summed E-state index contributed by atoms with van der Waals surface area (Å²) >= 11 is 0. The quantitative estimate of drug-likeness (QED) is 0.809. The van der Waals surface area contributed by atoms with Crippen LogP contribution in [-0.4, -0.2) is 35.6 Å². The molecule has 0 amide bonds. The highest BCUT2D eigenvalue weighted by atomic mass is 16.1. The van der Waals surface area contributed by atoms with Crippen LogP contribution in [0.25, 0.3) is 0 Å². The van der Waals surface area contributed by atoms with E-state index in [-0.39, 0.29) is 11.0 Å². The summed E-state index contributed by atoms with van der Waals surface area (Å²) in [5.41, 5.74) is 1.05. The van der Waals surface area contributed by atoms with Gasteiger partial charge in [0.15, 0.2) is 5.43 Å². The molecule has 0 atom stereocenters. The van der Waals surface area contributed by atoms with Crippen molar-refractivity contribution in [3.8, 4) is 0 Å². The molecule has 0 saturated carbocycles. The summed E-state index contributed by atoms with van der Waals surface area (Å²) < 4.78 is 0. The van der Waals surface area contributed by atoms with Crippen LogP contribution in [0.3, 0.4) is 0 Å². The maximum atomic E-state index is 11.5. The number of pyridine rings is 1. The highest BCUT2D eigenvalue weighted by molar-refractivity contribution is 5.08. The lowest BCUT2D eigenvalue weighted by atomic mass is 10.1. The number of nitrogens with one attached hydrogen (secondary N) is 2. The van der Waals surface area contributed by atoms with Crippen molar-refractivity contribution in [1.82, 2.24) is 15.2 Å². The summed E-state index contributed by atoms with van der Waals surface area (Å²) in [4.78, 5) is 16.6. The maximum Gasteiger partial charge on any atom is 0.186 e. The molecule has 4 heteroatoms. The molecule has 0 aliphatic carbocycles. The molecule has 0 unspecified atom stereocenters. The van der Waals surface area contributed by atoms with Crippen molar-refractivity contribution in [1.29, 1.82) is 0 Å². The lowest BCUT2D eigenvalue weighted by Gasteiger charge is -2.23. The predicted molar refractivity (Wildman–Crippen MR) is 71.2 cm³/mol. The van der Waals surface area contributed by atoms with E-state index in [1.165, 1.54) is 0 Å². The third-order valence-electron chi connectivity index (χ3n) is 2.49. The Morgan fingerprint density at radius 3 is 2.71 bits per heavy atom. The van der Waals surface area contributed by atoms with Gasteiger partial charge in [0, 0.05) is 49.2 Å². The highest BCUT2D eigenvalue weighted by Crippen LogP contribution is 1.98. The van der Waals surface area contributed by atoms with E-state index >= 15 is 0 Å². The Bertz CT molecular complexity index is 392. The average Bonchev–Trinajstić information content (AvgIpc) is 2.19. The van der Waals surface area contributed by atoms with Gasteiger partial charge in [-0.05, 0) is 27.8 Å². The van der Waals surface area contributed by atoms with Gasteiger partial charge in [-0.25, -0.2) is 0 Å². The lowest BCUT2D eigenvalue weighted by molar-refractivity contribution is 0.302. The van der Waals surface area contributed by atoms with Crippen LogP contribution in [0.2, 0.25) is 0 Å². The van der Waals surface area contributed by atoms with Crippen molar-refractivity contribution in [2.75, 3.05) is 20.1 Å². The Balaban J connectivity index is 2.38. The summed E-state index contributed by atoms with van der Waals surface area (Å²) in [6.07, 6.45) is 3.43. The van der Waals surface area contributed by atoms with Crippen LogP contribution < -0.4 is 10.7 Å². The minimum absolute atomic E-state index is 0.0966. The van der Waals surface area contributed by atoms with Crippen LogP contribution in [0.5, 0.6) is 0 Å². The van der Waals surface area contributed by atoms with Crippen LogP contribution in [0.15, 0.2) is 23.3 Å². The van der Waals surface area contributed by atoms with Crippen molar-refractivity contribution in [2.45, 2.75) is 32.9 Å². The normalized spacial score (nSPS) is 12.1. The molecule has 0 spiro atoms. The standard InChI is InChI=1S/C13H23N3O/c1-13(2,3)15-7-8-16(4)10-11-9-14-6-5-12(11)17/h5-6,9,15H,7-8,10H2,1-4H3,(H,14,17). The molecule has 96 valence electrons. The van der Waals surface area contributed by atoms with Gasteiger partial charge in [0.25, 0.3) is 0 Å². The fraction of sp³-hybridized carbons (Fsp3) is 0.615. The molecule has 0 aliphatic rings. The van der Waals surface area contributed by atoms with E-state index in [9.17, 15) is 4.79 Å². The molecule has 1 heterocycles. The van der Waals surface area contributed by atoms with Crippen LogP contribution in [0.4, 0.5) is 0 Å². The minimum atomic E-state index is 0.0966. The zero-order chi connectivity index (χ0) is 12.9. The molecule has 1 rings (SSSR count). The number of H-pyrrole nitrogens is 1. The van der Waals surface area contributed by atoms with Crippen molar-refractivity contribution >= 4 is 0 Å². The Labute approximate surface area is 103 Å². The Morgan fingerprint density at radius 1 is 1.41 bits per heavy atom. The fourth-order valence-corrected chi connectivity index (χ4v) is 1.57. The smallest absolute Gasteiger partial charge is 0.186 e. The SMILES string of the molecule is CN(CCNC(C)(C)C)Cc1c[nH]ccc1=O. The molecule has 4 nitrogen and oxygen atoms in total. The fourth-order valence-electron chi connectivity index (χ4n) is 1.57. The van der Waals surface area contributed by atoms with Crippen LogP contribution in [-0.2, 0) is 6.54 Å². The van der Waals surface area contributed by atoms with Gasteiger partial charge in [-0.1, -0.05) is 0 Å². The molecular formula is C13H23N3O. The van der Waals surface area contributed by atoms with Gasteiger partial charge in [0.05, 0.1) is 0 Å². The van der Waals surface area contributed by atoms with Crippen molar-refractivity contribution in [3.05, 3.63) is 34.2 Å². The topological polar surface area (TPSA) is 48.1 Å². The van der Waals surface area contributed by atoms with Gasteiger partial charge < -0.3 is 15.2 Å². The molecule has 2 N–H and O–H groups in total. The second kappa shape index (κ2) is 5.98. The van der Waals surface area contributed by atoms with Gasteiger partial charge in [0.1, 0.15) is 0 Å². The summed E-state index contributed by atoms with van der Waals surface area (Å²) in [7, 11) is 2.02. The first-order chi connectivity index (χ1) is 7.88. The average molecular weight is 237 g/mol. The van der Waals surface area contributed by atoms with Gasteiger partial charge >= 0.3 is 0 Å². The molecule has 0 aliphatic heterocycles. The molecule has 0 radical (unpaired) electrons. The number of rotatable bonds is 5. The molecular weight excluding hydrogens is 214 g/mol. The summed E-state index contributed by atoms with van der Waals surface area (Å²) in [5.74, 6) is 0. The lowest BCUT2D eigenvalue weighted by Crippen LogP contribution is -2.40. The second-order valence-corrected chi connectivity index (χ2v) is 5.45. The van der Waals surface area contributed by atoms with Crippen molar-refractivity contribution < 1.29 is 0 Å². The predicted octanol–water partition coefficient (Wildman–Crippen LogP) is 1.19. The maximum absolute atomic E-state index is 11.5. The Kier molecular flexibility index (Phi) is 4.90. The van der Waals surface area contributed by atoms with Gasteiger partial charge in [-0.2, -0.15) is 0 Å². The van der Waals surface area contributed by atoms with E-state index in [4.69, 9.17) is 0 Å². The van der Waals surface area contributed by atoms with E-state index in [0.717, 1.165) is 18.7 Å². The number of hydrogen-bond acceptors (Lipinski definition) is 3. The Morgan fingerprint density at radius 2 is 2.12 bits per heavy atom.